The summed E-state index contributed by atoms with van der Waals surface area (Å²) in [5.74, 6) is 0.707. The minimum absolute atomic E-state index is 0.0661. The van der Waals surface area contributed by atoms with Crippen molar-refractivity contribution in [3.8, 4) is 5.75 Å². The van der Waals surface area contributed by atoms with Crippen LogP contribution in [0.25, 0.3) is 11.0 Å². The Balaban J connectivity index is 1.99. The van der Waals surface area contributed by atoms with Crippen molar-refractivity contribution in [1.82, 2.24) is 14.5 Å². The van der Waals surface area contributed by atoms with Gasteiger partial charge < -0.3 is 14.8 Å². The minimum atomic E-state index is -0.201. The molecular formula is C19H23N3O3. The molecule has 0 aliphatic carbocycles. The van der Waals surface area contributed by atoms with Crippen molar-refractivity contribution in [2.45, 2.75) is 39.8 Å². The predicted octanol–water partition coefficient (Wildman–Crippen LogP) is 2.75. The van der Waals surface area contributed by atoms with E-state index in [9.17, 15) is 9.90 Å². The molecule has 2 heterocycles. The second-order valence-corrected chi connectivity index (χ2v) is 6.13. The summed E-state index contributed by atoms with van der Waals surface area (Å²) in [5, 5.41) is 9.36. The van der Waals surface area contributed by atoms with Crippen molar-refractivity contribution < 1.29 is 9.84 Å². The first kappa shape index (κ1) is 17.2. The zero-order valence-corrected chi connectivity index (χ0v) is 14.6. The van der Waals surface area contributed by atoms with Crippen LogP contribution in [0.2, 0.25) is 0 Å². The zero-order chi connectivity index (χ0) is 17.8. The van der Waals surface area contributed by atoms with Gasteiger partial charge >= 0.3 is 5.69 Å². The Morgan fingerprint density at radius 3 is 2.88 bits per heavy atom. The molecule has 0 radical (unpaired) electrons. The summed E-state index contributed by atoms with van der Waals surface area (Å²) in [5.41, 5.74) is 3.66. The van der Waals surface area contributed by atoms with Crippen LogP contribution in [-0.4, -0.2) is 26.2 Å². The lowest BCUT2D eigenvalue weighted by atomic mass is 10.2. The summed E-state index contributed by atoms with van der Waals surface area (Å²) in [7, 11) is 0. The van der Waals surface area contributed by atoms with Gasteiger partial charge in [0, 0.05) is 5.69 Å². The van der Waals surface area contributed by atoms with Gasteiger partial charge in [0.15, 0.2) is 0 Å². The second-order valence-electron chi connectivity index (χ2n) is 6.13. The molecule has 0 spiro atoms. The highest BCUT2D eigenvalue weighted by atomic mass is 16.5. The summed E-state index contributed by atoms with van der Waals surface area (Å²) in [6, 6.07) is 9.24. The summed E-state index contributed by atoms with van der Waals surface area (Å²) >= 11 is 0. The maximum atomic E-state index is 12.4. The molecule has 0 bridgehead atoms. The SMILES string of the molecule is CCCCOc1ccc(C)nc1Cn1c(=O)[nH]c2ccc(CO)cc21. The topological polar surface area (TPSA) is 80.1 Å². The van der Waals surface area contributed by atoms with Crippen LogP contribution >= 0.6 is 0 Å². The van der Waals surface area contributed by atoms with E-state index in [2.05, 4.69) is 16.9 Å². The number of benzene rings is 1. The Kier molecular flexibility index (Phi) is 5.19. The normalized spacial score (nSPS) is 11.2. The molecule has 0 saturated heterocycles. The number of fused-ring (bicyclic) bond motifs is 1. The number of unbranched alkanes of at least 4 members (excludes halogenated alkanes) is 1. The van der Waals surface area contributed by atoms with Crippen LogP contribution in [0.3, 0.4) is 0 Å². The van der Waals surface area contributed by atoms with Gasteiger partial charge in [-0.05, 0) is 43.2 Å². The number of aromatic amines is 1. The Morgan fingerprint density at radius 2 is 2.12 bits per heavy atom. The maximum absolute atomic E-state index is 12.4. The van der Waals surface area contributed by atoms with Gasteiger partial charge in [-0.15, -0.1) is 0 Å². The number of aliphatic hydroxyl groups excluding tert-OH is 1. The lowest BCUT2D eigenvalue weighted by Gasteiger charge is -2.12. The first-order chi connectivity index (χ1) is 12.1. The van der Waals surface area contributed by atoms with E-state index in [1.807, 2.05) is 25.1 Å². The van der Waals surface area contributed by atoms with E-state index in [-0.39, 0.29) is 12.3 Å². The van der Waals surface area contributed by atoms with Gasteiger partial charge in [-0.2, -0.15) is 0 Å². The molecule has 0 unspecified atom stereocenters. The highest BCUT2D eigenvalue weighted by Gasteiger charge is 2.12. The third-order valence-electron chi connectivity index (χ3n) is 4.16. The highest BCUT2D eigenvalue weighted by molar-refractivity contribution is 5.76. The van der Waals surface area contributed by atoms with E-state index in [0.29, 0.717) is 18.9 Å². The summed E-state index contributed by atoms with van der Waals surface area (Å²) < 4.78 is 7.48. The summed E-state index contributed by atoms with van der Waals surface area (Å²) in [4.78, 5) is 19.8. The van der Waals surface area contributed by atoms with E-state index in [0.717, 1.165) is 40.8 Å². The molecule has 3 rings (SSSR count). The summed E-state index contributed by atoms with van der Waals surface area (Å²) in [6.07, 6.45) is 2.03. The third kappa shape index (κ3) is 3.74. The van der Waals surface area contributed by atoms with E-state index in [1.54, 1.807) is 16.7 Å². The monoisotopic (exact) mass is 341 g/mol. The fraction of sp³-hybridized carbons (Fsp3) is 0.368. The van der Waals surface area contributed by atoms with Crippen LogP contribution in [0.4, 0.5) is 0 Å². The van der Waals surface area contributed by atoms with Crippen LogP contribution in [0.5, 0.6) is 5.75 Å². The first-order valence-corrected chi connectivity index (χ1v) is 8.54. The zero-order valence-electron chi connectivity index (χ0n) is 14.6. The van der Waals surface area contributed by atoms with Gasteiger partial charge in [0.05, 0.1) is 30.8 Å². The van der Waals surface area contributed by atoms with Crippen molar-refractivity contribution >= 4 is 11.0 Å². The summed E-state index contributed by atoms with van der Waals surface area (Å²) in [6.45, 7) is 4.91. The average Bonchev–Trinajstić information content (AvgIpc) is 2.92. The second kappa shape index (κ2) is 7.53. The molecular weight excluding hydrogens is 318 g/mol. The lowest BCUT2D eigenvalue weighted by molar-refractivity contribution is 0.282. The number of nitrogens with one attached hydrogen (secondary N) is 1. The van der Waals surface area contributed by atoms with Crippen LogP contribution < -0.4 is 10.4 Å². The molecule has 3 aromatic rings. The predicted molar refractivity (Wildman–Crippen MR) is 97.0 cm³/mol. The third-order valence-corrected chi connectivity index (χ3v) is 4.16. The smallest absolute Gasteiger partial charge is 0.326 e. The fourth-order valence-corrected chi connectivity index (χ4v) is 2.77. The number of nitrogens with zero attached hydrogens (tertiary/aromatic N) is 2. The Hall–Kier alpha value is -2.60. The quantitative estimate of drug-likeness (QED) is 0.648. The Bertz CT molecular complexity index is 927. The number of aliphatic hydroxyl groups is 1. The number of aryl methyl sites for hydroxylation is 1. The molecule has 0 atom stereocenters. The van der Waals surface area contributed by atoms with Crippen molar-refractivity contribution in [2.75, 3.05) is 6.61 Å². The van der Waals surface area contributed by atoms with E-state index >= 15 is 0 Å². The average molecular weight is 341 g/mol. The van der Waals surface area contributed by atoms with E-state index < -0.39 is 0 Å². The van der Waals surface area contributed by atoms with Gasteiger partial charge in [0.1, 0.15) is 11.4 Å². The van der Waals surface area contributed by atoms with Gasteiger partial charge in [-0.3, -0.25) is 9.55 Å². The molecule has 0 aliphatic heterocycles. The number of rotatable bonds is 7. The standard InChI is InChI=1S/C19H23N3O3/c1-3-4-9-25-18-8-5-13(2)20-16(18)11-22-17-10-14(12-23)6-7-15(17)21-19(22)24/h5-8,10,23H,3-4,9,11-12H2,1-2H3,(H,21,24). The number of imidazole rings is 1. The number of hydrogen-bond acceptors (Lipinski definition) is 4. The molecule has 6 nitrogen and oxygen atoms in total. The Labute approximate surface area is 146 Å². The number of H-pyrrole nitrogens is 1. The molecule has 132 valence electrons. The minimum Gasteiger partial charge on any atom is -0.492 e. The number of pyridine rings is 1. The molecule has 0 aliphatic rings. The number of ether oxygens (including phenoxy) is 1. The maximum Gasteiger partial charge on any atom is 0.326 e. The molecule has 0 amide bonds. The molecule has 0 fully saturated rings. The molecule has 0 saturated carbocycles. The van der Waals surface area contributed by atoms with Gasteiger partial charge in [0.2, 0.25) is 0 Å². The lowest BCUT2D eigenvalue weighted by Crippen LogP contribution is -2.19. The van der Waals surface area contributed by atoms with Crippen LogP contribution in [0.1, 0.15) is 36.7 Å². The van der Waals surface area contributed by atoms with Crippen LogP contribution in [-0.2, 0) is 13.2 Å². The van der Waals surface area contributed by atoms with Crippen LogP contribution in [0, 0.1) is 6.92 Å². The fourth-order valence-electron chi connectivity index (χ4n) is 2.77. The van der Waals surface area contributed by atoms with Crippen molar-refractivity contribution in [3.63, 3.8) is 0 Å². The first-order valence-electron chi connectivity index (χ1n) is 8.54. The molecule has 1 aromatic carbocycles. The molecule has 2 N–H and O–H groups in total. The highest BCUT2D eigenvalue weighted by Crippen LogP contribution is 2.21. The van der Waals surface area contributed by atoms with Crippen LogP contribution in [0.15, 0.2) is 35.1 Å². The van der Waals surface area contributed by atoms with Gasteiger partial charge in [-0.1, -0.05) is 19.4 Å². The number of aromatic nitrogens is 3. The van der Waals surface area contributed by atoms with Gasteiger partial charge in [-0.25, -0.2) is 4.79 Å². The molecule has 25 heavy (non-hydrogen) atoms. The number of hydrogen-bond donors (Lipinski definition) is 2. The van der Waals surface area contributed by atoms with Crippen molar-refractivity contribution in [1.29, 1.82) is 0 Å². The van der Waals surface area contributed by atoms with Gasteiger partial charge in [0.25, 0.3) is 0 Å². The Morgan fingerprint density at radius 1 is 1.28 bits per heavy atom. The molecule has 2 aromatic heterocycles. The van der Waals surface area contributed by atoms with E-state index in [1.165, 1.54) is 0 Å². The molecule has 6 heteroatoms. The van der Waals surface area contributed by atoms with E-state index in [4.69, 9.17) is 4.74 Å². The van der Waals surface area contributed by atoms with Crippen molar-refractivity contribution in [3.05, 3.63) is 57.8 Å². The largest absolute Gasteiger partial charge is 0.492 e. The van der Waals surface area contributed by atoms with Crippen molar-refractivity contribution in [2.24, 2.45) is 0 Å².